The van der Waals surface area contributed by atoms with E-state index >= 15 is 0 Å². The Morgan fingerprint density at radius 1 is 1.39 bits per heavy atom. The first-order valence-electron chi connectivity index (χ1n) is 9.44. The van der Waals surface area contributed by atoms with E-state index in [1.54, 1.807) is 32.0 Å². The fraction of sp³-hybridized carbons (Fsp3) is 0.381. The number of nitrogens with zero attached hydrogens (tertiary/aromatic N) is 2. The van der Waals surface area contributed by atoms with Crippen molar-refractivity contribution in [2.75, 3.05) is 6.61 Å². The topological polar surface area (TPSA) is 61.2 Å². The van der Waals surface area contributed by atoms with Gasteiger partial charge in [0.25, 0.3) is 5.56 Å². The molecule has 4 rings (SSSR count). The van der Waals surface area contributed by atoms with E-state index in [0.29, 0.717) is 34.6 Å². The molecule has 0 amide bonds. The highest BCUT2D eigenvalue weighted by atomic mass is 32.1. The smallest absolute Gasteiger partial charge is 0.313 e. The molecule has 1 aromatic carbocycles. The molecular weight excluding hydrogens is 379 g/mol. The van der Waals surface area contributed by atoms with E-state index in [0.717, 1.165) is 23.3 Å². The third-order valence-corrected chi connectivity index (χ3v) is 6.38. The van der Waals surface area contributed by atoms with E-state index in [-0.39, 0.29) is 23.9 Å². The van der Waals surface area contributed by atoms with Crippen molar-refractivity contribution in [2.45, 2.75) is 45.6 Å². The molecule has 0 spiro atoms. The zero-order valence-corrected chi connectivity index (χ0v) is 16.6. The van der Waals surface area contributed by atoms with Gasteiger partial charge in [0, 0.05) is 10.4 Å². The number of carbonyl (C=O) groups excluding carboxylic acids is 1. The molecule has 2 heterocycles. The van der Waals surface area contributed by atoms with Gasteiger partial charge in [0.2, 0.25) is 0 Å². The number of carbonyl (C=O) groups is 1. The maximum Gasteiger partial charge on any atom is 0.313 e. The second kappa shape index (κ2) is 7.47. The lowest BCUT2D eigenvalue weighted by molar-refractivity contribution is -0.145. The highest BCUT2D eigenvalue weighted by Crippen LogP contribution is 2.41. The van der Waals surface area contributed by atoms with Crippen molar-refractivity contribution in [1.82, 2.24) is 9.55 Å². The van der Waals surface area contributed by atoms with Gasteiger partial charge in [-0.2, -0.15) is 0 Å². The van der Waals surface area contributed by atoms with Gasteiger partial charge in [0.05, 0.1) is 24.5 Å². The summed E-state index contributed by atoms with van der Waals surface area (Å²) < 4.78 is 20.9. The second-order valence-electron chi connectivity index (χ2n) is 6.96. The van der Waals surface area contributed by atoms with Gasteiger partial charge in [-0.1, -0.05) is 18.2 Å². The number of thiophene rings is 1. The summed E-state index contributed by atoms with van der Waals surface area (Å²) in [4.78, 5) is 32.2. The number of aryl methyl sites for hydroxylation is 2. The summed E-state index contributed by atoms with van der Waals surface area (Å²) in [6, 6.07) is 6.41. The molecule has 1 aliphatic rings. The van der Waals surface area contributed by atoms with Crippen molar-refractivity contribution in [1.29, 1.82) is 0 Å². The predicted molar refractivity (Wildman–Crippen MR) is 106 cm³/mol. The molecule has 1 aliphatic carbocycles. The monoisotopic (exact) mass is 400 g/mol. The molecule has 0 fully saturated rings. The Balaban J connectivity index is 1.88. The molecule has 28 heavy (non-hydrogen) atoms. The van der Waals surface area contributed by atoms with E-state index in [9.17, 15) is 14.0 Å². The number of aromatic nitrogens is 2. The molecule has 0 radical (unpaired) electrons. The van der Waals surface area contributed by atoms with E-state index in [2.05, 4.69) is 4.98 Å². The Morgan fingerprint density at radius 2 is 2.18 bits per heavy atom. The van der Waals surface area contributed by atoms with Gasteiger partial charge < -0.3 is 4.74 Å². The molecule has 0 bridgehead atoms. The maximum absolute atomic E-state index is 14.1. The van der Waals surface area contributed by atoms with E-state index in [4.69, 9.17) is 4.74 Å². The summed E-state index contributed by atoms with van der Waals surface area (Å²) >= 11 is 1.48. The fourth-order valence-electron chi connectivity index (χ4n) is 3.88. The molecule has 3 aromatic rings. The predicted octanol–water partition coefficient (Wildman–Crippen LogP) is 3.94. The van der Waals surface area contributed by atoms with Crippen LogP contribution in [0.4, 0.5) is 4.39 Å². The Kier molecular flexibility index (Phi) is 5.02. The van der Waals surface area contributed by atoms with E-state index < -0.39 is 5.92 Å². The first-order chi connectivity index (χ1) is 13.5. The van der Waals surface area contributed by atoms with Crippen LogP contribution in [0.3, 0.4) is 0 Å². The molecule has 0 saturated heterocycles. The highest BCUT2D eigenvalue weighted by Gasteiger charge is 2.33. The van der Waals surface area contributed by atoms with Crippen LogP contribution in [0.1, 0.15) is 47.5 Å². The van der Waals surface area contributed by atoms with Gasteiger partial charge >= 0.3 is 5.97 Å². The number of ether oxygens (including phenoxy) is 1. The lowest BCUT2D eigenvalue weighted by atomic mass is 9.86. The Bertz CT molecular complexity index is 1120. The molecule has 146 valence electrons. The lowest BCUT2D eigenvalue weighted by Crippen LogP contribution is -2.27. The molecule has 0 aliphatic heterocycles. The normalized spacial score (nSPS) is 16.2. The maximum atomic E-state index is 14.1. The van der Waals surface area contributed by atoms with Gasteiger partial charge in [0.15, 0.2) is 0 Å². The largest absolute Gasteiger partial charge is 0.466 e. The van der Waals surface area contributed by atoms with Gasteiger partial charge in [-0.25, -0.2) is 9.37 Å². The van der Waals surface area contributed by atoms with Crippen LogP contribution in [0, 0.1) is 12.7 Å². The molecule has 5 nitrogen and oxygen atoms in total. The Labute approximate surface area is 165 Å². The quantitative estimate of drug-likeness (QED) is 0.623. The fourth-order valence-corrected chi connectivity index (χ4v) is 5.19. The average Bonchev–Trinajstić information content (AvgIpc) is 3.04. The third-order valence-electron chi connectivity index (χ3n) is 5.22. The zero-order chi connectivity index (χ0) is 19.8. The zero-order valence-electron chi connectivity index (χ0n) is 15.8. The molecule has 0 saturated carbocycles. The molecule has 7 heteroatoms. The summed E-state index contributed by atoms with van der Waals surface area (Å²) in [5, 5.41) is 0.486. The van der Waals surface area contributed by atoms with Crippen LogP contribution in [-0.4, -0.2) is 22.1 Å². The summed E-state index contributed by atoms with van der Waals surface area (Å²) in [5.41, 5.74) is 0.976. The first kappa shape index (κ1) is 18.8. The van der Waals surface area contributed by atoms with Gasteiger partial charge in [-0.05, 0) is 44.7 Å². The van der Waals surface area contributed by atoms with E-state index in [1.807, 2.05) is 0 Å². The SMILES string of the molecule is CCOC(=O)C1CCCc2sc3nc(C)n(Cc4ccccc4F)c(=O)c3c21. The molecule has 0 N–H and O–H groups in total. The molecule has 1 unspecified atom stereocenters. The van der Waals surface area contributed by atoms with Crippen LogP contribution < -0.4 is 5.56 Å². The number of hydrogen-bond donors (Lipinski definition) is 0. The van der Waals surface area contributed by atoms with Crippen LogP contribution in [0.15, 0.2) is 29.1 Å². The van der Waals surface area contributed by atoms with Gasteiger partial charge in [-0.3, -0.25) is 14.2 Å². The number of halogens is 1. The summed E-state index contributed by atoms with van der Waals surface area (Å²) in [5.74, 6) is -0.543. The number of rotatable bonds is 4. The van der Waals surface area contributed by atoms with Crippen LogP contribution in [0.5, 0.6) is 0 Å². The number of hydrogen-bond acceptors (Lipinski definition) is 5. The minimum atomic E-state index is -0.434. The highest BCUT2D eigenvalue weighted by molar-refractivity contribution is 7.18. The summed E-state index contributed by atoms with van der Waals surface area (Å²) in [6.07, 6.45) is 2.38. The second-order valence-corrected chi connectivity index (χ2v) is 8.04. The van der Waals surface area contributed by atoms with Crippen LogP contribution in [-0.2, 0) is 22.5 Å². The average molecular weight is 400 g/mol. The minimum Gasteiger partial charge on any atom is -0.466 e. The van der Waals surface area contributed by atoms with Crippen LogP contribution in [0.25, 0.3) is 10.2 Å². The lowest BCUT2D eigenvalue weighted by Gasteiger charge is -2.21. The number of esters is 1. The summed E-state index contributed by atoms with van der Waals surface area (Å²) in [6.45, 7) is 3.94. The van der Waals surface area contributed by atoms with Crippen molar-refractivity contribution < 1.29 is 13.9 Å². The molecule has 1 atom stereocenters. The first-order valence-corrected chi connectivity index (χ1v) is 10.3. The standard InChI is InChI=1S/C21H21FN2O3S/c1-3-27-21(26)14-8-6-10-16-17(14)18-19(28-16)23-12(2)24(20(18)25)11-13-7-4-5-9-15(13)22/h4-5,7,9,14H,3,6,8,10-11H2,1-2H3. The molecule has 2 aromatic heterocycles. The van der Waals surface area contributed by atoms with Crippen molar-refractivity contribution in [3.8, 4) is 0 Å². The van der Waals surface area contributed by atoms with E-state index in [1.165, 1.54) is 22.0 Å². The van der Waals surface area contributed by atoms with Gasteiger partial charge in [-0.15, -0.1) is 11.3 Å². The van der Waals surface area contributed by atoms with Crippen LogP contribution >= 0.6 is 11.3 Å². The third kappa shape index (κ3) is 3.13. The Hall–Kier alpha value is -2.54. The van der Waals surface area contributed by atoms with Crippen molar-refractivity contribution >= 4 is 27.5 Å². The minimum absolute atomic E-state index is 0.106. The van der Waals surface area contributed by atoms with Crippen molar-refractivity contribution in [3.63, 3.8) is 0 Å². The number of fused-ring (bicyclic) bond motifs is 3. The van der Waals surface area contributed by atoms with Crippen molar-refractivity contribution in [3.05, 3.63) is 62.3 Å². The summed E-state index contributed by atoms with van der Waals surface area (Å²) in [7, 11) is 0. The van der Waals surface area contributed by atoms with Gasteiger partial charge in [0.1, 0.15) is 16.5 Å². The van der Waals surface area contributed by atoms with Crippen LogP contribution in [0.2, 0.25) is 0 Å². The number of benzene rings is 1. The Morgan fingerprint density at radius 3 is 2.93 bits per heavy atom. The van der Waals surface area contributed by atoms with Crippen molar-refractivity contribution in [2.24, 2.45) is 0 Å². The molecular formula is C21H21FN2O3S.